The first kappa shape index (κ1) is 14.5. The maximum atomic E-state index is 12.6. The molecule has 7 nitrogen and oxygen atoms in total. The summed E-state index contributed by atoms with van der Waals surface area (Å²) in [6.45, 7) is 4.51. The molecule has 1 aromatic rings. The Bertz CT molecular complexity index is 537. The minimum absolute atomic E-state index is 0.0736. The molecule has 1 saturated heterocycles. The van der Waals surface area contributed by atoms with Crippen LogP contribution in [0.5, 0.6) is 0 Å². The molecular formula is C13H21N5O2. The number of likely N-dealkylation sites (N-methyl/N-ethyl adjacent to an activating group) is 1. The van der Waals surface area contributed by atoms with Crippen molar-refractivity contribution < 1.29 is 9.59 Å². The highest BCUT2D eigenvalue weighted by atomic mass is 16.2. The molecule has 0 spiro atoms. The normalized spacial score (nSPS) is 20.1. The first-order valence-electron chi connectivity index (χ1n) is 6.56. The number of aryl methyl sites for hydroxylation is 1. The summed E-state index contributed by atoms with van der Waals surface area (Å²) < 4.78 is 1.60. The summed E-state index contributed by atoms with van der Waals surface area (Å²) in [7, 11) is 3.51. The van der Waals surface area contributed by atoms with Gasteiger partial charge in [-0.15, -0.1) is 0 Å². The van der Waals surface area contributed by atoms with Crippen LogP contribution in [-0.2, 0) is 16.6 Å². The molecule has 1 aromatic heterocycles. The molecule has 2 amide bonds. The number of amides is 2. The van der Waals surface area contributed by atoms with Crippen molar-refractivity contribution in [1.29, 1.82) is 0 Å². The summed E-state index contributed by atoms with van der Waals surface area (Å²) in [6.07, 6.45) is 3.29. The Morgan fingerprint density at radius 3 is 2.60 bits per heavy atom. The molecular weight excluding hydrogens is 258 g/mol. The minimum atomic E-state index is -0.871. The van der Waals surface area contributed by atoms with Crippen LogP contribution in [-0.4, -0.2) is 57.1 Å². The molecule has 1 aliphatic rings. The zero-order chi connectivity index (χ0) is 15.1. The van der Waals surface area contributed by atoms with Crippen LogP contribution in [0.15, 0.2) is 12.4 Å². The summed E-state index contributed by atoms with van der Waals surface area (Å²) in [6, 6.07) is -0.792. The van der Waals surface area contributed by atoms with Crippen LogP contribution in [0.4, 0.5) is 0 Å². The second-order valence-electron chi connectivity index (χ2n) is 5.70. The van der Waals surface area contributed by atoms with Crippen LogP contribution in [0.3, 0.4) is 0 Å². The van der Waals surface area contributed by atoms with Crippen LogP contribution in [0.25, 0.3) is 0 Å². The Hall–Kier alpha value is -1.89. The van der Waals surface area contributed by atoms with Crippen molar-refractivity contribution in [1.82, 2.24) is 19.6 Å². The number of carbonyl (C=O) groups excluding carboxylic acids is 2. The van der Waals surface area contributed by atoms with Crippen LogP contribution in [0, 0.1) is 0 Å². The lowest BCUT2D eigenvalue weighted by Gasteiger charge is -2.45. The number of aromatic nitrogens is 2. The van der Waals surface area contributed by atoms with E-state index >= 15 is 0 Å². The van der Waals surface area contributed by atoms with Gasteiger partial charge in [-0.3, -0.25) is 14.3 Å². The highest BCUT2D eigenvalue weighted by Crippen LogP contribution is 2.25. The van der Waals surface area contributed by atoms with Gasteiger partial charge in [0.15, 0.2) is 0 Å². The van der Waals surface area contributed by atoms with Gasteiger partial charge in [-0.05, 0) is 13.8 Å². The van der Waals surface area contributed by atoms with Gasteiger partial charge in [0, 0.05) is 38.9 Å². The number of nitrogens with two attached hydrogens (primary N) is 1. The molecule has 1 unspecified atom stereocenters. The molecule has 1 atom stereocenters. The maximum Gasteiger partial charge on any atom is 0.247 e. The molecule has 0 radical (unpaired) electrons. The van der Waals surface area contributed by atoms with Crippen molar-refractivity contribution in [3.05, 3.63) is 18.0 Å². The van der Waals surface area contributed by atoms with Gasteiger partial charge in [0.25, 0.3) is 0 Å². The van der Waals surface area contributed by atoms with Crippen molar-refractivity contribution in [3.63, 3.8) is 0 Å². The molecule has 2 heterocycles. The average molecular weight is 279 g/mol. The number of hydrogen-bond acceptors (Lipinski definition) is 4. The van der Waals surface area contributed by atoms with E-state index in [1.54, 1.807) is 54.8 Å². The average Bonchev–Trinajstić information content (AvgIpc) is 2.81. The molecule has 0 bridgehead atoms. The van der Waals surface area contributed by atoms with Crippen LogP contribution in [0.1, 0.15) is 25.5 Å². The van der Waals surface area contributed by atoms with E-state index in [1.807, 2.05) is 0 Å². The number of nitrogens with zero attached hydrogens (tertiary/aromatic N) is 4. The van der Waals surface area contributed by atoms with Gasteiger partial charge in [0.2, 0.25) is 11.8 Å². The number of rotatable bonds is 2. The van der Waals surface area contributed by atoms with Crippen molar-refractivity contribution in [3.8, 4) is 0 Å². The first-order chi connectivity index (χ1) is 9.25. The van der Waals surface area contributed by atoms with Gasteiger partial charge < -0.3 is 15.5 Å². The van der Waals surface area contributed by atoms with Crippen molar-refractivity contribution in [2.45, 2.75) is 25.4 Å². The monoisotopic (exact) mass is 279 g/mol. The van der Waals surface area contributed by atoms with Crippen LogP contribution < -0.4 is 5.73 Å². The minimum Gasteiger partial charge on any atom is -0.342 e. The van der Waals surface area contributed by atoms with E-state index in [2.05, 4.69) is 5.10 Å². The van der Waals surface area contributed by atoms with E-state index in [9.17, 15) is 9.59 Å². The lowest BCUT2D eigenvalue weighted by Crippen LogP contribution is -2.64. The van der Waals surface area contributed by atoms with Crippen molar-refractivity contribution >= 4 is 11.8 Å². The van der Waals surface area contributed by atoms with E-state index < -0.39 is 11.6 Å². The second kappa shape index (κ2) is 4.90. The molecule has 0 saturated carbocycles. The first-order valence-corrected chi connectivity index (χ1v) is 6.56. The summed E-state index contributed by atoms with van der Waals surface area (Å²) in [5, 5.41) is 4.02. The molecule has 2 rings (SSSR count). The Kier molecular flexibility index (Phi) is 3.56. The Balaban J connectivity index is 2.22. The molecule has 1 fully saturated rings. The predicted molar refractivity (Wildman–Crippen MR) is 73.6 cm³/mol. The largest absolute Gasteiger partial charge is 0.342 e. The molecule has 0 aromatic carbocycles. The number of carbonyl (C=O) groups is 2. The molecule has 110 valence electrons. The van der Waals surface area contributed by atoms with E-state index in [-0.39, 0.29) is 11.8 Å². The van der Waals surface area contributed by atoms with Gasteiger partial charge in [-0.2, -0.15) is 5.10 Å². The van der Waals surface area contributed by atoms with Crippen molar-refractivity contribution in [2.24, 2.45) is 12.8 Å². The highest BCUT2D eigenvalue weighted by molar-refractivity contribution is 5.93. The second-order valence-corrected chi connectivity index (χ2v) is 5.70. The van der Waals surface area contributed by atoms with Crippen LogP contribution in [0.2, 0.25) is 0 Å². The lowest BCUT2D eigenvalue weighted by molar-refractivity contribution is -0.158. The summed E-state index contributed by atoms with van der Waals surface area (Å²) >= 11 is 0. The topological polar surface area (TPSA) is 84.5 Å². The molecule has 0 aliphatic carbocycles. The third-order valence-corrected chi connectivity index (χ3v) is 3.82. The fourth-order valence-electron chi connectivity index (χ4n) is 2.51. The zero-order valence-corrected chi connectivity index (χ0v) is 12.3. The van der Waals surface area contributed by atoms with Crippen LogP contribution >= 0.6 is 0 Å². The Morgan fingerprint density at radius 2 is 2.05 bits per heavy atom. The summed E-state index contributed by atoms with van der Waals surface area (Å²) in [5.41, 5.74) is 5.80. The van der Waals surface area contributed by atoms with E-state index in [0.29, 0.717) is 18.7 Å². The summed E-state index contributed by atoms with van der Waals surface area (Å²) in [5.74, 6) is -0.320. The SMILES string of the molecule is CN1CCN(C(=O)C(N)c2cnn(C)c2)C(C)(C)C1=O. The maximum absolute atomic E-state index is 12.6. The van der Waals surface area contributed by atoms with E-state index in [1.165, 1.54) is 0 Å². The third kappa shape index (κ3) is 2.29. The third-order valence-electron chi connectivity index (χ3n) is 3.82. The van der Waals surface area contributed by atoms with Crippen molar-refractivity contribution in [2.75, 3.05) is 20.1 Å². The molecule has 2 N–H and O–H groups in total. The highest BCUT2D eigenvalue weighted by Gasteiger charge is 2.44. The quantitative estimate of drug-likeness (QED) is 0.791. The van der Waals surface area contributed by atoms with Gasteiger partial charge >= 0.3 is 0 Å². The smallest absolute Gasteiger partial charge is 0.247 e. The van der Waals surface area contributed by atoms with E-state index in [4.69, 9.17) is 5.73 Å². The lowest BCUT2D eigenvalue weighted by atomic mass is 9.96. The fourth-order valence-corrected chi connectivity index (χ4v) is 2.51. The van der Waals surface area contributed by atoms with Gasteiger partial charge in [0.05, 0.1) is 6.20 Å². The predicted octanol–water partition coefficient (Wildman–Crippen LogP) is -0.501. The van der Waals surface area contributed by atoms with E-state index in [0.717, 1.165) is 0 Å². The van der Waals surface area contributed by atoms with Gasteiger partial charge in [-0.1, -0.05) is 0 Å². The fraction of sp³-hybridized carbons (Fsp3) is 0.615. The number of hydrogen-bond donors (Lipinski definition) is 1. The molecule has 7 heteroatoms. The zero-order valence-electron chi connectivity index (χ0n) is 12.3. The van der Waals surface area contributed by atoms with Gasteiger partial charge in [-0.25, -0.2) is 0 Å². The molecule has 1 aliphatic heterocycles. The Morgan fingerprint density at radius 1 is 1.40 bits per heavy atom. The molecule has 20 heavy (non-hydrogen) atoms. The summed E-state index contributed by atoms with van der Waals surface area (Å²) in [4.78, 5) is 28.0. The standard InChI is InChI=1S/C13H21N5O2/c1-13(2)12(20)16(3)5-6-18(13)11(19)10(14)9-7-15-17(4)8-9/h7-8,10H,5-6,14H2,1-4H3. The van der Waals surface area contributed by atoms with Gasteiger partial charge in [0.1, 0.15) is 11.6 Å². The Labute approximate surface area is 118 Å². The number of piperazine rings is 1.